The van der Waals surface area contributed by atoms with Crippen molar-refractivity contribution in [2.24, 2.45) is 5.41 Å². The topological polar surface area (TPSA) is 80.0 Å². The molecular formula is C22H22ClN7O. The molecule has 1 saturated heterocycles. The van der Waals surface area contributed by atoms with E-state index in [4.69, 9.17) is 11.6 Å². The van der Waals surface area contributed by atoms with Gasteiger partial charge in [0.2, 0.25) is 5.91 Å². The van der Waals surface area contributed by atoms with Gasteiger partial charge in [-0.3, -0.25) is 9.36 Å². The first-order valence-electron chi connectivity index (χ1n) is 10.5. The maximum atomic E-state index is 12.2. The SMILES string of the molecule is CC(=O)N1Cc2cc(Cl)ccc2-n2c(nnc2C2CC3(C2)CN(c2cccnn2)C3)C1. The van der Waals surface area contributed by atoms with Crippen molar-refractivity contribution in [3.63, 3.8) is 0 Å². The van der Waals surface area contributed by atoms with Crippen LogP contribution in [0.3, 0.4) is 0 Å². The smallest absolute Gasteiger partial charge is 0.220 e. The summed E-state index contributed by atoms with van der Waals surface area (Å²) in [5.41, 5.74) is 2.38. The summed E-state index contributed by atoms with van der Waals surface area (Å²) in [6.07, 6.45) is 3.87. The van der Waals surface area contributed by atoms with Crippen LogP contribution in [0.15, 0.2) is 36.5 Å². The summed E-state index contributed by atoms with van der Waals surface area (Å²) in [6, 6.07) is 9.79. The number of carbonyl (C=O) groups is 1. The summed E-state index contributed by atoms with van der Waals surface area (Å²) >= 11 is 6.27. The van der Waals surface area contributed by atoms with E-state index >= 15 is 0 Å². The van der Waals surface area contributed by atoms with Crippen molar-refractivity contribution in [3.05, 3.63) is 58.8 Å². The number of hydrogen-bond donors (Lipinski definition) is 0. The number of carbonyl (C=O) groups excluding carboxylic acids is 1. The fourth-order valence-electron chi connectivity index (χ4n) is 5.33. The Morgan fingerprint density at radius 3 is 2.71 bits per heavy atom. The van der Waals surface area contributed by atoms with Gasteiger partial charge in [0.25, 0.3) is 0 Å². The molecule has 4 heterocycles. The number of fused-ring (bicyclic) bond motifs is 3. The maximum absolute atomic E-state index is 12.2. The Morgan fingerprint density at radius 1 is 1.13 bits per heavy atom. The van der Waals surface area contributed by atoms with E-state index < -0.39 is 0 Å². The fourth-order valence-corrected chi connectivity index (χ4v) is 5.52. The molecule has 158 valence electrons. The first kappa shape index (κ1) is 18.7. The molecule has 2 fully saturated rings. The Kier molecular flexibility index (Phi) is 4.08. The van der Waals surface area contributed by atoms with E-state index in [1.165, 1.54) is 0 Å². The summed E-state index contributed by atoms with van der Waals surface area (Å²) < 4.78 is 2.16. The predicted molar refractivity (Wildman–Crippen MR) is 115 cm³/mol. The maximum Gasteiger partial charge on any atom is 0.220 e. The molecule has 1 amide bonds. The van der Waals surface area contributed by atoms with Crippen molar-refractivity contribution >= 4 is 23.3 Å². The summed E-state index contributed by atoms with van der Waals surface area (Å²) in [5, 5.41) is 17.9. The Balaban J connectivity index is 1.27. The van der Waals surface area contributed by atoms with Crippen molar-refractivity contribution in [2.75, 3.05) is 18.0 Å². The molecule has 0 N–H and O–H groups in total. The second-order valence-electron chi connectivity index (χ2n) is 9.00. The number of halogens is 1. The van der Waals surface area contributed by atoms with E-state index in [0.29, 0.717) is 29.4 Å². The van der Waals surface area contributed by atoms with E-state index in [2.05, 4.69) is 29.9 Å². The van der Waals surface area contributed by atoms with Crippen molar-refractivity contribution in [2.45, 2.75) is 38.8 Å². The zero-order chi connectivity index (χ0) is 21.2. The summed E-state index contributed by atoms with van der Waals surface area (Å²) in [6.45, 7) is 4.58. The summed E-state index contributed by atoms with van der Waals surface area (Å²) in [5.74, 6) is 3.13. The van der Waals surface area contributed by atoms with Crippen molar-refractivity contribution in [1.29, 1.82) is 0 Å². The van der Waals surface area contributed by atoms with Crippen LogP contribution in [0, 0.1) is 5.41 Å². The average molecular weight is 436 g/mol. The Labute approximate surface area is 184 Å². The minimum absolute atomic E-state index is 0.0186. The molecule has 8 nitrogen and oxygen atoms in total. The minimum Gasteiger partial charge on any atom is -0.354 e. The molecule has 3 aliphatic rings. The second kappa shape index (κ2) is 6.75. The lowest BCUT2D eigenvalue weighted by molar-refractivity contribution is -0.130. The number of nitrogens with zero attached hydrogens (tertiary/aromatic N) is 7. The Morgan fingerprint density at radius 2 is 1.97 bits per heavy atom. The van der Waals surface area contributed by atoms with E-state index in [-0.39, 0.29) is 5.91 Å². The van der Waals surface area contributed by atoms with Gasteiger partial charge in [0, 0.05) is 49.1 Å². The number of benzene rings is 1. The molecule has 1 aromatic carbocycles. The van der Waals surface area contributed by atoms with Crippen LogP contribution in [0.1, 0.15) is 42.9 Å². The zero-order valence-corrected chi connectivity index (χ0v) is 18.0. The van der Waals surface area contributed by atoms with Crippen LogP contribution in [0.25, 0.3) is 5.69 Å². The standard InChI is InChI=1S/C22H22ClN7O/c1-14(31)28-10-15-7-17(23)4-5-18(15)30-20(11-28)26-27-21(30)16-8-22(9-16)12-29(13-22)19-3-2-6-24-25-19/h2-7,16H,8-13H2,1H3. The fraction of sp³-hybridized carbons (Fsp3) is 0.409. The molecule has 1 aliphatic carbocycles. The lowest BCUT2D eigenvalue weighted by atomic mass is 9.57. The third-order valence-corrected chi connectivity index (χ3v) is 7.07. The predicted octanol–water partition coefficient (Wildman–Crippen LogP) is 2.96. The molecule has 0 bridgehead atoms. The third kappa shape index (κ3) is 3.00. The molecule has 9 heteroatoms. The molecule has 0 atom stereocenters. The number of amides is 1. The van der Waals surface area contributed by atoms with Gasteiger partial charge in [0.1, 0.15) is 5.82 Å². The molecule has 0 unspecified atom stereocenters. The highest BCUT2D eigenvalue weighted by molar-refractivity contribution is 6.30. The Hall–Kier alpha value is -3.00. The van der Waals surface area contributed by atoms with Crippen LogP contribution in [0.5, 0.6) is 0 Å². The van der Waals surface area contributed by atoms with Crippen LogP contribution in [0.4, 0.5) is 5.82 Å². The number of rotatable bonds is 2. The summed E-state index contributed by atoms with van der Waals surface area (Å²) in [7, 11) is 0. The quantitative estimate of drug-likeness (QED) is 0.615. The lowest BCUT2D eigenvalue weighted by Gasteiger charge is -2.59. The normalized spacial score (nSPS) is 19.3. The lowest BCUT2D eigenvalue weighted by Crippen LogP contribution is -2.62. The van der Waals surface area contributed by atoms with Gasteiger partial charge in [-0.25, -0.2) is 0 Å². The second-order valence-corrected chi connectivity index (χ2v) is 9.44. The van der Waals surface area contributed by atoms with Gasteiger partial charge in [0.15, 0.2) is 11.6 Å². The minimum atomic E-state index is 0.0186. The number of anilines is 1. The van der Waals surface area contributed by atoms with Crippen LogP contribution >= 0.6 is 11.6 Å². The third-order valence-electron chi connectivity index (χ3n) is 6.84. The Bertz CT molecular complexity index is 1160. The van der Waals surface area contributed by atoms with Crippen molar-refractivity contribution < 1.29 is 4.79 Å². The molecule has 3 aromatic rings. The molecule has 1 spiro atoms. The first-order valence-corrected chi connectivity index (χ1v) is 10.9. The van der Waals surface area contributed by atoms with Gasteiger partial charge in [-0.2, -0.15) is 5.10 Å². The van der Waals surface area contributed by atoms with E-state index in [0.717, 1.165) is 54.6 Å². The van der Waals surface area contributed by atoms with Crippen molar-refractivity contribution in [1.82, 2.24) is 29.9 Å². The van der Waals surface area contributed by atoms with Gasteiger partial charge in [0.05, 0.1) is 12.2 Å². The average Bonchev–Trinajstić information content (AvgIpc) is 3.02. The first-order chi connectivity index (χ1) is 15.0. The monoisotopic (exact) mass is 435 g/mol. The van der Waals surface area contributed by atoms with Gasteiger partial charge < -0.3 is 9.80 Å². The zero-order valence-electron chi connectivity index (χ0n) is 17.2. The van der Waals surface area contributed by atoms with E-state index in [1.54, 1.807) is 18.0 Å². The molecule has 2 aliphatic heterocycles. The molecular weight excluding hydrogens is 414 g/mol. The van der Waals surface area contributed by atoms with Crippen LogP contribution in [-0.4, -0.2) is 48.9 Å². The highest BCUT2D eigenvalue weighted by atomic mass is 35.5. The van der Waals surface area contributed by atoms with E-state index in [1.807, 2.05) is 30.3 Å². The molecule has 0 radical (unpaired) electrons. The molecule has 2 aromatic heterocycles. The van der Waals surface area contributed by atoms with Gasteiger partial charge in [-0.1, -0.05) is 11.6 Å². The van der Waals surface area contributed by atoms with Gasteiger partial charge in [-0.15, -0.1) is 15.3 Å². The molecule has 1 saturated carbocycles. The summed E-state index contributed by atoms with van der Waals surface area (Å²) in [4.78, 5) is 16.2. The molecule has 31 heavy (non-hydrogen) atoms. The number of hydrogen-bond acceptors (Lipinski definition) is 6. The van der Waals surface area contributed by atoms with E-state index in [9.17, 15) is 4.79 Å². The van der Waals surface area contributed by atoms with Gasteiger partial charge in [-0.05, 0) is 48.7 Å². The largest absolute Gasteiger partial charge is 0.354 e. The molecule has 6 rings (SSSR count). The van der Waals surface area contributed by atoms with Crippen LogP contribution in [0.2, 0.25) is 5.02 Å². The number of aromatic nitrogens is 5. The highest BCUT2D eigenvalue weighted by Gasteiger charge is 2.54. The van der Waals surface area contributed by atoms with Crippen LogP contribution in [-0.2, 0) is 17.9 Å². The highest BCUT2D eigenvalue weighted by Crippen LogP contribution is 2.56. The van der Waals surface area contributed by atoms with Crippen LogP contribution < -0.4 is 4.90 Å². The van der Waals surface area contributed by atoms with Gasteiger partial charge >= 0.3 is 0 Å². The van der Waals surface area contributed by atoms with Crippen molar-refractivity contribution in [3.8, 4) is 5.69 Å².